The SMILES string of the molecule is CCS(=O)(=O)N(C)c1ccnc(C(=O)[O-])c1. The highest BCUT2D eigenvalue weighted by Gasteiger charge is 2.16. The van der Waals surface area contributed by atoms with E-state index < -0.39 is 16.0 Å². The molecule has 88 valence electrons. The molecule has 0 aromatic carbocycles. The number of carboxylic acids is 1. The van der Waals surface area contributed by atoms with Gasteiger partial charge in [0.05, 0.1) is 23.1 Å². The molecule has 0 radical (unpaired) electrons. The lowest BCUT2D eigenvalue weighted by Gasteiger charge is -2.18. The first-order chi connectivity index (χ1) is 7.38. The number of sulfonamides is 1. The third-order valence-corrected chi connectivity index (χ3v) is 3.87. The summed E-state index contributed by atoms with van der Waals surface area (Å²) >= 11 is 0. The number of pyridine rings is 1. The van der Waals surface area contributed by atoms with Crippen LogP contribution in [0.4, 0.5) is 5.69 Å². The van der Waals surface area contributed by atoms with Gasteiger partial charge in [-0.2, -0.15) is 0 Å². The van der Waals surface area contributed by atoms with Crippen molar-refractivity contribution >= 4 is 21.7 Å². The van der Waals surface area contributed by atoms with Crippen LogP contribution in [0.3, 0.4) is 0 Å². The number of carboxylic acid groups (broad SMARTS) is 1. The summed E-state index contributed by atoms with van der Waals surface area (Å²) in [6, 6.07) is 2.57. The molecule has 1 rings (SSSR count). The van der Waals surface area contributed by atoms with Crippen molar-refractivity contribution in [3.05, 3.63) is 24.0 Å². The molecule has 0 aliphatic carbocycles. The van der Waals surface area contributed by atoms with Crippen LogP contribution in [0, 0.1) is 0 Å². The zero-order valence-electron chi connectivity index (χ0n) is 8.87. The lowest BCUT2D eigenvalue weighted by atomic mass is 10.3. The van der Waals surface area contributed by atoms with Crippen LogP contribution in [-0.2, 0) is 10.0 Å². The first-order valence-electron chi connectivity index (χ1n) is 4.52. The fourth-order valence-corrected chi connectivity index (χ4v) is 1.90. The third kappa shape index (κ3) is 2.48. The predicted octanol–water partition coefficient (Wildman–Crippen LogP) is -0.769. The average Bonchev–Trinajstić information content (AvgIpc) is 2.28. The van der Waals surface area contributed by atoms with Crippen LogP contribution in [0.1, 0.15) is 17.4 Å². The van der Waals surface area contributed by atoms with Crippen molar-refractivity contribution in [3.8, 4) is 0 Å². The van der Waals surface area contributed by atoms with Gasteiger partial charge in [-0.15, -0.1) is 0 Å². The molecule has 1 heterocycles. The van der Waals surface area contributed by atoms with Crippen molar-refractivity contribution in [2.24, 2.45) is 0 Å². The Morgan fingerprint density at radius 3 is 2.69 bits per heavy atom. The molecule has 6 nitrogen and oxygen atoms in total. The van der Waals surface area contributed by atoms with E-state index in [0.29, 0.717) is 0 Å². The van der Waals surface area contributed by atoms with E-state index in [1.807, 2.05) is 0 Å². The van der Waals surface area contributed by atoms with Crippen LogP contribution in [0.5, 0.6) is 0 Å². The van der Waals surface area contributed by atoms with Crippen molar-refractivity contribution in [3.63, 3.8) is 0 Å². The van der Waals surface area contributed by atoms with E-state index in [-0.39, 0.29) is 17.1 Å². The largest absolute Gasteiger partial charge is 0.543 e. The molecule has 0 aliphatic heterocycles. The van der Waals surface area contributed by atoms with Gasteiger partial charge in [0.2, 0.25) is 10.0 Å². The Bertz CT molecular complexity index is 498. The van der Waals surface area contributed by atoms with Crippen molar-refractivity contribution < 1.29 is 18.3 Å². The Labute approximate surface area is 93.6 Å². The summed E-state index contributed by atoms with van der Waals surface area (Å²) < 4.78 is 24.1. The first-order valence-corrected chi connectivity index (χ1v) is 6.13. The van der Waals surface area contributed by atoms with Gasteiger partial charge in [-0.3, -0.25) is 9.29 Å². The van der Waals surface area contributed by atoms with Crippen LogP contribution in [-0.4, -0.2) is 32.2 Å². The number of anilines is 1. The van der Waals surface area contributed by atoms with E-state index >= 15 is 0 Å². The molecule has 16 heavy (non-hydrogen) atoms. The molecule has 0 N–H and O–H groups in total. The van der Waals surface area contributed by atoms with Crippen LogP contribution < -0.4 is 9.41 Å². The molecule has 1 aromatic rings. The number of nitrogens with zero attached hydrogens (tertiary/aromatic N) is 2. The van der Waals surface area contributed by atoms with E-state index in [4.69, 9.17) is 0 Å². The number of carbonyl (C=O) groups is 1. The minimum absolute atomic E-state index is 0.0630. The molecular weight excluding hydrogens is 232 g/mol. The quantitative estimate of drug-likeness (QED) is 0.692. The Morgan fingerprint density at radius 2 is 2.19 bits per heavy atom. The number of hydrogen-bond acceptors (Lipinski definition) is 5. The van der Waals surface area contributed by atoms with Gasteiger partial charge in [-0.25, -0.2) is 8.42 Å². The Kier molecular flexibility index (Phi) is 3.48. The molecule has 7 heteroatoms. The topological polar surface area (TPSA) is 90.4 Å². The Morgan fingerprint density at radius 1 is 1.56 bits per heavy atom. The van der Waals surface area contributed by atoms with E-state index in [2.05, 4.69) is 4.98 Å². The average molecular weight is 243 g/mol. The first kappa shape index (κ1) is 12.4. The molecule has 0 unspecified atom stereocenters. The van der Waals surface area contributed by atoms with Gasteiger partial charge in [0.15, 0.2) is 0 Å². The summed E-state index contributed by atoms with van der Waals surface area (Å²) in [6.45, 7) is 1.51. The van der Waals surface area contributed by atoms with Crippen molar-refractivity contribution in [1.82, 2.24) is 4.98 Å². The fraction of sp³-hybridized carbons (Fsp3) is 0.333. The van der Waals surface area contributed by atoms with Crippen molar-refractivity contribution in [2.75, 3.05) is 17.1 Å². The van der Waals surface area contributed by atoms with E-state index in [1.165, 1.54) is 26.2 Å². The molecule has 0 spiro atoms. The van der Waals surface area contributed by atoms with Gasteiger partial charge in [0.1, 0.15) is 0 Å². The maximum Gasteiger partial charge on any atom is 0.234 e. The number of hydrogen-bond donors (Lipinski definition) is 0. The minimum atomic E-state index is -3.40. The summed E-state index contributed by atoms with van der Waals surface area (Å²) in [5.74, 6) is -1.50. The van der Waals surface area contributed by atoms with Gasteiger partial charge < -0.3 is 9.90 Å². The maximum atomic E-state index is 11.5. The standard InChI is InChI=1S/C9H12N2O4S/c1-3-16(14,15)11(2)7-4-5-10-8(6-7)9(12)13/h4-6H,3H2,1-2H3,(H,12,13)/p-1. The summed E-state index contributed by atoms with van der Waals surface area (Å²) in [6.07, 6.45) is 1.22. The number of aromatic carboxylic acids is 1. The highest BCUT2D eigenvalue weighted by Crippen LogP contribution is 2.16. The number of carbonyl (C=O) groups excluding carboxylic acids is 1. The summed E-state index contributed by atoms with van der Waals surface area (Å²) in [7, 11) is -2.05. The van der Waals surface area contributed by atoms with E-state index in [9.17, 15) is 18.3 Å². The molecule has 0 fully saturated rings. The number of aromatic nitrogens is 1. The van der Waals surface area contributed by atoms with Gasteiger partial charge in [-0.1, -0.05) is 0 Å². The zero-order chi connectivity index (χ0) is 12.3. The molecule has 1 aromatic heterocycles. The summed E-state index contributed by atoms with van der Waals surface area (Å²) in [5.41, 5.74) is -0.0493. The molecule has 0 saturated heterocycles. The Balaban J connectivity index is 3.15. The van der Waals surface area contributed by atoms with Gasteiger partial charge in [0.25, 0.3) is 0 Å². The van der Waals surface area contributed by atoms with Crippen LogP contribution in [0.25, 0.3) is 0 Å². The minimum Gasteiger partial charge on any atom is -0.543 e. The summed E-state index contributed by atoms with van der Waals surface area (Å²) in [4.78, 5) is 14.1. The molecule has 0 amide bonds. The van der Waals surface area contributed by atoms with Crippen LogP contribution in [0.2, 0.25) is 0 Å². The third-order valence-electron chi connectivity index (χ3n) is 2.10. The van der Waals surface area contributed by atoms with Crippen LogP contribution in [0.15, 0.2) is 18.3 Å². The lowest BCUT2D eigenvalue weighted by Crippen LogP contribution is -2.29. The van der Waals surface area contributed by atoms with Crippen molar-refractivity contribution in [2.45, 2.75) is 6.92 Å². The fourth-order valence-electron chi connectivity index (χ4n) is 1.08. The van der Waals surface area contributed by atoms with E-state index in [1.54, 1.807) is 0 Å². The predicted molar refractivity (Wildman–Crippen MR) is 56.4 cm³/mol. The smallest absolute Gasteiger partial charge is 0.234 e. The maximum absolute atomic E-state index is 11.5. The monoisotopic (exact) mass is 243 g/mol. The second-order valence-corrected chi connectivity index (χ2v) is 5.34. The second kappa shape index (κ2) is 4.48. The Hall–Kier alpha value is -1.63. The van der Waals surface area contributed by atoms with Gasteiger partial charge >= 0.3 is 0 Å². The highest BCUT2D eigenvalue weighted by atomic mass is 32.2. The van der Waals surface area contributed by atoms with Crippen molar-refractivity contribution in [1.29, 1.82) is 0 Å². The molecular formula is C9H11N2O4S-. The highest BCUT2D eigenvalue weighted by molar-refractivity contribution is 7.92. The zero-order valence-corrected chi connectivity index (χ0v) is 9.69. The summed E-state index contributed by atoms with van der Waals surface area (Å²) in [5, 5.41) is 10.6. The lowest BCUT2D eigenvalue weighted by molar-refractivity contribution is -0.255. The molecule has 0 atom stereocenters. The molecule has 0 aliphatic rings. The molecule has 0 saturated carbocycles. The van der Waals surface area contributed by atoms with Gasteiger partial charge in [0, 0.05) is 13.2 Å². The van der Waals surface area contributed by atoms with Gasteiger partial charge in [-0.05, 0) is 19.1 Å². The second-order valence-electron chi connectivity index (χ2n) is 3.05. The normalized spacial score (nSPS) is 11.1. The molecule has 0 bridgehead atoms. The number of rotatable bonds is 4. The van der Waals surface area contributed by atoms with Crippen LogP contribution >= 0.6 is 0 Å². The van der Waals surface area contributed by atoms with E-state index in [0.717, 1.165) is 10.4 Å².